The summed E-state index contributed by atoms with van der Waals surface area (Å²) in [6.45, 7) is 0.168. The number of hydrogen-bond acceptors (Lipinski definition) is 2. The number of carbonyl (C=O) groups excluding carboxylic acids is 1. The van der Waals surface area contributed by atoms with Crippen LogP contribution in [0.3, 0.4) is 0 Å². The predicted molar refractivity (Wildman–Crippen MR) is 71.8 cm³/mol. The van der Waals surface area contributed by atoms with Crippen LogP contribution >= 0.6 is 11.6 Å². The van der Waals surface area contributed by atoms with E-state index >= 15 is 0 Å². The molecule has 0 aromatic heterocycles. The maximum atomic E-state index is 13.4. The molecular formula is C13H16ClFN2O2. The van der Waals surface area contributed by atoms with Crippen molar-refractivity contribution in [3.8, 4) is 0 Å². The van der Waals surface area contributed by atoms with E-state index in [0.29, 0.717) is 17.9 Å². The molecule has 1 aromatic carbocycles. The van der Waals surface area contributed by atoms with Gasteiger partial charge in [-0.2, -0.15) is 0 Å². The van der Waals surface area contributed by atoms with E-state index in [1.165, 1.54) is 18.2 Å². The van der Waals surface area contributed by atoms with E-state index in [9.17, 15) is 14.3 Å². The third-order valence-electron chi connectivity index (χ3n) is 3.29. The average molecular weight is 287 g/mol. The summed E-state index contributed by atoms with van der Waals surface area (Å²) in [4.78, 5) is 11.6. The fourth-order valence-electron chi connectivity index (χ4n) is 2.21. The summed E-state index contributed by atoms with van der Waals surface area (Å²) in [6, 6.07) is 3.37. The molecule has 6 heteroatoms. The zero-order valence-corrected chi connectivity index (χ0v) is 11.1. The highest BCUT2D eigenvalue weighted by Crippen LogP contribution is 2.28. The number of amides is 2. The van der Waals surface area contributed by atoms with Crippen LogP contribution in [0.15, 0.2) is 18.2 Å². The number of carbonyl (C=O) groups is 1. The Bertz CT molecular complexity index is 476. The first-order valence-electron chi connectivity index (χ1n) is 6.21. The van der Waals surface area contributed by atoms with Crippen LogP contribution in [0.5, 0.6) is 0 Å². The highest BCUT2D eigenvalue weighted by atomic mass is 35.5. The van der Waals surface area contributed by atoms with Gasteiger partial charge in [0.05, 0.1) is 11.3 Å². The Labute approximate surface area is 116 Å². The van der Waals surface area contributed by atoms with E-state index in [4.69, 9.17) is 11.6 Å². The molecule has 2 rings (SSSR count). The fourth-order valence-corrected chi connectivity index (χ4v) is 2.39. The first kappa shape index (κ1) is 14.1. The molecule has 0 bridgehead atoms. The summed E-state index contributed by atoms with van der Waals surface area (Å²) in [6.07, 6.45) is 3.28. The van der Waals surface area contributed by atoms with Crippen LogP contribution in [0.1, 0.15) is 25.7 Å². The highest BCUT2D eigenvalue weighted by Gasteiger charge is 2.31. The van der Waals surface area contributed by atoms with E-state index in [1.807, 2.05) is 0 Å². The Morgan fingerprint density at radius 1 is 1.42 bits per heavy atom. The van der Waals surface area contributed by atoms with Gasteiger partial charge in [-0.05, 0) is 31.0 Å². The summed E-state index contributed by atoms with van der Waals surface area (Å²) in [5.74, 6) is -0.556. The molecule has 0 saturated heterocycles. The van der Waals surface area contributed by atoms with Gasteiger partial charge in [0, 0.05) is 11.6 Å². The minimum absolute atomic E-state index is 0.0170. The number of rotatable bonds is 3. The van der Waals surface area contributed by atoms with Gasteiger partial charge in [-0.3, -0.25) is 0 Å². The van der Waals surface area contributed by atoms with Crippen LogP contribution in [0.25, 0.3) is 0 Å². The monoisotopic (exact) mass is 286 g/mol. The quantitative estimate of drug-likeness (QED) is 0.800. The largest absolute Gasteiger partial charge is 0.388 e. The van der Waals surface area contributed by atoms with Gasteiger partial charge in [-0.25, -0.2) is 9.18 Å². The fraction of sp³-hybridized carbons (Fsp3) is 0.462. The zero-order valence-electron chi connectivity index (χ0n) is 10.4. The normalized spacial score (nSPS) is 17.2. The first-order chi connectivity index (χ1) is 8.98. The van der Waals surface area contributed by atoms with Crippen LogP contribution < -0.4 is 10.6 Å². The molecule has 0 spiro atoms. The van der Waals surface area contributed by atoms with Gasteiger partial charge in [0.1, 0.15) is 5.82 Å². The van der Waals surface area contributed by atoms with Gasteiger partial charge < -0.3 is 15.7 Å². The summed E-state index contributed by atoms with van der Waals surface area (Å²) >= 11 is 5.72. The van der Waals surface area contributed by atoms with Crippen molar-refractivity contribution in [3.63, 3.8) is 0 Å². The Kier molecular flexibility index (Phi) is 4.27. The number of nitrogens with one attached hydrogen (secondary N) is 2. The molecule has 0 heterocycles. The van der Waals surface area contributed by atoms with E-state index in [1.54, 1.807) is 0 Å². The second kappa shape index (κ2) is 5.75. The molecule has 0 aliphatic heterocycles. The van der Waals surface area contributed by atoms with Crippen molar-refractivity contribution in [3.05, 3.63) is 29.0 Å². The summed E-state index contributed by atoms with van der Waals surface area (Å²) in [7, 11) is 0. The molecule has 0 unspecified atom stereocenters. The van der Waals surface area contributed by atoms with Crippen molar-refractivity contribution in [1.29, 1.82) is 0 Å². The second-order valence-corrected chi connectivity index (χ2v) is 5.30. The minimum atomic E-state index is -0.829. The van der Waals surface area contributed by atoms with Crippen LogP contribution in [-0.4, -0.2) is 23.3 Å². The Hall–Kier alpha value is -1.33. The molecule has 19 heavy (non-hydrogen) atoms. The second-order valence-electron chi connectivity index (χ2n) is 4.86. The SMILES string of the molecule is O=C(NCC1(O)CCCC1)Nc1cc(Cl)ccc1F. The van der Waals surface area contributed by atoms with Crippen molar-refractivity contribution in [2.24, 2.45) is 0 Å². The summed E-state index contributed by atoms with van der Waals surface area (Å²) in [5.41, 5.74) is -0.812. The lowest BCUT2D eigenvalue weighted by Gasteiger charge is -2.22. The molecule has 1 saturated carbocycles. The number of halogens is 2. The number of aliphatic hydroxyl groups is 1. The van der Waals surface area contributed by atoms with Crippen LogP contribution in [0, 0.1) is 5.82 Å². The molecule has 4 nitrogen and oxygen atoms in total. The standard InChI is InChI=1S/C13H16ClFN2O2/c14-9-3-4-10(15)11(7-9)17-12(18)16-8-13(19)5-1-2-6-13/h3-4,7,19H,1-2,5-6,8H2,(H2,16,17,18). The third-order valence-corrected chi connectivity index (χ3v) is 3.52. The molecule has 2 amide bonds. The smallest absolute Gasteiger partial charge is 0.319 e. The van der Waals surface area contributed by atoms with Crippen LogP contribution in [0.2, 0.25) is 5.02 Å². The topological polar surface area (TPSA) is 61.4 Å². The minimum Gasteiger partial charge on any atom is -0.388 e. The third kappa shape index (κ3) is 3.81. The lowest BCUT2D eigenvalue weighted by atomic mass is 10.0. The summed E-state index contributed by atoms with van der Waals surface area (Å²) in [5, 5.41) is 15.3. The van der Waals surface area contributed by atoms with Crippen molar-refractivity contribution in [2.75, 3.05) is 11.9 Å². The highest BCUT2D eigenvalue weighted by molar-refractivity contribution is 6.30. The molecule has 1 fully saturated rings. The van der Waals surface area contributed by atoms with Gasteiger partial charge in [0.25, 0.3) is 0 Å². The lowest BCUT2D eigenvalue weighted by Crippen LogP contribution is -2.42. The van der Waals surface area contributed by atoms with Gasteiger partial charge in [0.2, 0.25) is 0 Å². The number of hydrogen-bond donors (Lipinski definition) is 3. The van der Waals surface area contributed by atoms with E-state index in [2.05, 4.69) is 10.6 Å². The van der Waals surface area contributed by atoms with E-state index in [0.717, 1.165) is 12.8 Å². The number of anilines is 1. The lowest BCUT2D eigenvalue weighted by molar-refractivity contribution is 0.0506. The van der Waals surface area contributed by atoms with Gasteiger partial charge >= 0.3 is 6.03 Å². The average Bonchev–Trinajstić information content (AvgIpc) is 2.79. The molecule has 1 aliphatic rings. The van der Waals surface area contributed by atoms with E-state index in [-0.39, 0.29) is 12.2 Å². The molecule has 0 atom stereocenters. The predicted octanol–water partition coefficient (Wildman–Crippen LogP) is 2.91. The van der Waals surface area contributed by atoms with Crippen molar-refractivity contribution >= 4 is 23.3 Å². The summed E-state index contributed by atoms with van der Waals surface area (Å²) < 4.78 is 13.4. The Morgan fingerprint density at radius 2 is 2.11 bits per heavy atom. The first-order valence-corrected chi connectivity index (χ1v) is 6.59. The molecule has 0 radical (unpaired) electrons. The molecule has 3 N–H and O–H groups in total. The van der Waals surface area contributed by atoms with Crippen LogP contribution in [0.4, 0.5) is 14.9 Å². The Morgan fingerprint density at radius 3 is 2.79 bits per heavy atom. The van der Waals surface area contributed by atoms with Gasteiger partial charge in [-0.15, -0.1) is 0 Å². The van der Waals surface area contributed by atoms with Crippen molar-refractivity contribution in [1.82, 2.24) is 5.32 Å². The van der Waals surface area contributed by atoms with Crippen LogP contribution in [-0.2, 0) is 0 Å². The van der Waals surface area contributed by atoms with Gasteiger partial charge in [-0.1, -0.05) is 24.4 Å². The van der Waals surface area contributed by atoms with Gasteiger partial charge in [0.15, 0.2) is 0 Å². The molecule has 1 aromatic rings. The molecule has 1 aliphatic carbocycles. The van der Waals surface area contributed by atoms with E-state index < -0.39 is 17.4 Å². The van der Waals surface area contributed by atoms with Crippen molar-refractivity contribution < 1.29 is 14.3 Å². The maximum absolute atomic E-state index is 13.4. The molecular weight excluding hydrogens is 271 g/mol. The molecule has 104 valence electrons. The Balaban J connectivity index is 1.89. The number of benzene rings is 1. The van der Waals surface area contributed by atoms with Crippen molar-refractivity contribution in [2.45, 2.75) is 31.3 Å². The number of urea groups is 1. The zero-order chi connectivity index (χ0) is 13.9. The maximum Gasteiger partial charge on any atom is 0.319 e.